The molecule has 0 saturated heterocycles. The van der Waals surface area contributed by atoms with Gasteiger partial charge < -0.3 is 5.11 Å². The van der Waals surface area contributed by atoms with Gasteiger partial charge in [-0.25, -0.2) is 15.0 Å². The van der Waals surface area contributed by atoms with E-state index in [2.05, 4.69) is 15.0 Å². The first kappa shape index (κ1) is 17.2. The fourth-order valence-corrected chi connectivity index (χ4v) is 3.25. The first-order valence-electron chi connectivity index (χ1n) is 9.14. The Morgan fingerprint density at radius 1 is 0.793 bits per heavy atom. The number of benzene rings is 1. The van der Waals surface area contributed by atoms with Gasteiger partial charge in [-0.05, 0) is 24.3 Å². The molecule has 0 fully saturated rings. The molecule has 7 heteroatoms. The van der Waals surface area contributed by atoms with Crippen LogP contribution in [0.2, 0.25) is 0 Å². The van der Waals surface area contributed by atoms with E-state index in [4.69, 9.17) is 10.1 Å². The third kappa shape index (κ3) is 3.03. The molecule has 0 atom stereocenters. The molecule has 1 N–H and O–H groups in total. The van der Waals surface area contributed by atoms with E-state index >= 15 is 0 Å². The Morgan fingerprint density at radius 3 is 2.24 bits per heavy atom. The van der Waals surface area contributed by atoms with Gasteiger partial charge in [0.1, 0.15) is 11.4 Å². The number of pyridine rings is 2. The molecule has 140 valence electrons. The summed E-state index contributed by atoms with van der Waals surface area (Å²) in [6.45, 7) is -0.243. The first-order valence-corrected chi connectivity index (χ1v) is 9.14. The minimum atomic E-state index is -0.243. The van der Waals surface area contributed by atoms with Crippen LogP contribution in [0.25, 0.3) is 39.6 Å². The van der Waals surface area contributed by atoms with Crippen molar-refractivity contribution in [1.82, 2.24) is 29.7 Å². The van der Waals surface area contributed by atoms with Crippen molar-refractivity contribution >= 4 is 11.0 Å². The molecule has 0 amide bonds. The second-order valence-electron chi connectivity index (χ2n) is 6.38. The van der Waals surface area contributed by atoms with Crippen molar-refractivity contribution in [1.29, 1.82) is 0 Å². The summed E-state index contributed by atoms with van der Waals surface area (Å²) < 4.78 is 1.69. The van der Waals surface area contributed by atoms with E-state index in [0.29, 0.717) is 39.8 Å². The summed E-state index contributed by atoms with van der Waals surface area (Å²) in [4.78, 5) is 18.1. The molecule has 1 aromatic carbocycles. The molecule has 0 bridgehead atoms. The highest BCUT2D eigenvalue weighted by Gasteiger charge is 2.21. The summed E-state index contributed by atoms with van der Waals surface area (Å²) in [5.41, 5.74) is 3.30. The number of rotatable bonds is 4. The minimum absolute atomic E-state index is 0.243. The van der Waals surface area contributed by atoms with Crippen molar-refractivity contribution in [2.45, 2.75) is 6.61 Å². The third-order valence-electron chi connectivity index (χ3n) is 4.56. The van der Waals surface area contributed by atoms with E-state index in [1.807, 2.05) is 66.7 Å². The second kappa shape index (κ2) is 7.21. The molecule has 0 aliphatic carbocycles. The zero-order valence-electron chi connectivity index (χ0n) is 15.3. The Morgan fingerprint density at radius 2 is 1.55 bits per heavy atom. The smallest absolute Gasteiger partial charge is 0.180 e. The van der Waals surface area contributed by atoms with Crippen LogP contribution in [-0.4, -0.2) is 34.8 Å². The van der Waals surface area contributed by atoms with Gasteiger partial charge in [-0.15, -0.1) is 0 Å². The Kier molecular flexibility index (Phi) is 4.27. The number of aliphatic hydroxyl groups excluding tert-OH is 1. The molecular weight excluding hydrogens is 364 g/mol. The van der Waals surface area contributed by atoms with Crippen LogP contribution in [0.1, 0.15) is 5.69 Å². The van der Waals surface area contributed by atoms with Gasteiger partial charge >= 0.3 is 0 Å². The lowest BCUT2D eigenvalue weighted by Gasteiger charge is -2.06. The van der Waals surface area contributed by atoms with Crippen molar-refractivity contribution in [3.63, 3.8) is 0 Å². The quantitative estimate of drug-likeness (QED) is 0.514. The molecule has 4 heterocycles. The van der Waals surface area contributed by atoms with Crippen molar-refractivity contribution in [2.75, 3.05) is 0 Å². The average Bonchev–Trinajstić information content (AvgIpc) is 3.20. The summed E-state index contributed by atoms with van der Waals surface area (Å²) in [7, 11) is 0. The van der Waals surface area contributed by atoms with E-state index in [1.54, 1.807) is 17.1 Å². The molecule has 0 aliphatic rings. The SMILES string of the molecule is OCc1nc(-c2ccccn2)nc2c1c(-c1ccccc1)nn2-c1ccccn1. The Bertz CT molecular complexity index is 1270. The fraction of sp³-hybridized carbons (Fsp3) is 0.0455. The molecule has 29 heavy (non-hydrogen) atoms. The van der Waals surface area contributed by atoms with Gasteiger partial charge in [-0.1, -0.05) is 42.5 Å². The average molecular weight is 380 g/mol. The molecule has 5 rings (SSSR count). The largest absolute Gasteiger partial charge is 0.390 e. The van der Waals surface area contributed by atoms with E-state index in [1.165, 1.54) is 0 Å². The van der Waals surface area contributed by atoms with Crippen molar-refractivity contribution in [2.24, 2.45) is 0 Å². The standard InChI is InChI=1S/C22H16N6O/c29-14-17-19-20(15-8-2-1-3-9-15)27-28(18-11-5-7-13-24-18)22(19)26-21(25-17)16-10-4-6-12-23-16/h1-13,29H,14H2. The van der Waals surface area contributed by atoms with Crippen molar-refractivity contribution < 1.29 is 5.11 Å². The molecule has 0 saturated carbocycles. The van der Waals surface area contributed by atoms with Crippen molar-refractivity contribution in [3.8, 4) is 28.6 Å². The number of nitrogens with zero attached hydrogens (tertiary/aromatic N) is 6. The second-order valence-corrected chi connectivity index (χ2v) is 6.38. The summed E-state index contributed by atoms with van der Waals surface area (Å²) in [6.07, 6.45) is 3.39. The molecule has 0 unspecified atom stereocenters. The van der Waals surface area contributed by atoms with E-state index in [9.17, 15) is 5.11 Å². The summed E-state index contributed by atoms with van der Waals surface area (Å²) in [5, 5.41) is 15.6. The number of hydrogen-bond acceptors (Lipinski definition) is 6. The van der Waals surface area contributed by atoms with Gasteiger partial charge in [0, 0.05) is 18.0 Å². The minimum Gasteiger partial charge on any atom is -0.390 e. The predicted molar refractivity (Wildman–Crippen MR) is 109 cm³/mol. The maximum Gasteiger partial charge on any atom is 0.180 e. The lowest BCUT2D eigenvalue weighted by Crippen LogP contribution is -2.03. The van der Waals surface area contributed by atoms with Crippen LogP contribution in [0.15, 0.2) is 79.1 Å². The fourth-order valence-electron chi connectivity index (χ4n) is 3.25. The van der Waals surface area contributed by atoms with Gasteiger partial charge in [0.15, 0.2) is 17.3 Å². The Labute approximate surface area is 166 Å². The van der Waals surface area contributed by atoms with Crippen LogP contribution in [0.5, 0.6) is 0 Å². The highest BCUT2D eigenvalue weighted by atomic mass is 16.3. The van der Waals surface area contributed by atoms with E-state index < -0.39 is 0 Å². The highest BCUT2D eigenvalue weighted by molar-refractivity contribution is 5.94. The summed E-state index contributed by atoms with van der Waals surface area (Å²) in [5.74, 6) is 1.06. The molecule has 0 spiro atoms. The van der Waals surface area contributed by atoms with Crippen LogP contribution < -0.4 is 0 Å². The zero-order valence-corrected chi connectivity index (χ0v) is 15.3. The molecule has 4 aromatic heterocycles. The van der Waals surface area contributed by atoms with Crippen molar-refractivity contribution in [3.05, 3.63) is 84.8 Å². The molecule has 7 nitrogen and oxygen atoms in total. The monoisotopic (exact) mass is 380 g/mol. The third-order valence-corrected chi connectivity index (χ3v) is 4.56. The normalized spacial score (nSPS) is 11.1. The first-order chi connectivity index (χ1) is 14.3. The van der Waals surface area contributed by atoms with Gasteiger partial charge in [-0.3, -0.25) is 4.98 Å². The maximum absolute atomic E-state index is 10.1. The number of aromatic nitrogens is 6. The van der Waals surface area contributed by atoms with Crippen LogP contribution in [-0.2, 0) is 6.61 Å². The number of aliphatic hydroxyl groups is 1. The van der Waals surface area contributed by atoms with Crippen LogP contribution in [0, 0.1) is 0 Å². The molecule has 0 radical (unpaired) electrons. The topological polar surface area (TPSA) is 89.6 Å². The zero-order chi connectivity index (χ0) is 19.6. The Hall–Kier alpha value is -3.97. The van der Waals surface area contributed by atoms with Crippen LogP contribution in [0.3, 0.4) is 0 Å². The molecule has 0 aliphatic heterocycles. The maximum atomic E-state index is 10.1. The van der Waals surface area contributed by atoms with Gasteiger partial charge in [0.05, 0.1) is 17.7 Å². The van der Waals surface area contributed by atoms with Gasteiger partial charge in [0.25, 0.3) is 0 Å². The van der Waals surface area contributed by atoms with Crippen LogP contribution in [0.4, 0.5) is 0 Å². The summed E-state index contributed by atoms with van der Waals surface area (Å²) >= 11 is 0. The van der Waals surface area contributed by atoms with E-state index in [0.717, 1.165) is 5.56 Å². The lowest BCUT2D eigenvalue weighted by atomic mass is 10.1. The van der Waals surface area contributed by atoms with Gasteiger partial charge in [0.2, 0.25) is 0 Å². The summed E-state index contributed by atoms with van der Waals surface area (Å²) in [6, 6.07) is 20.9. The van der Waals surface area contributed by atoms with E-state index in [-0.39, 0.29) is 6.61 Å². The van der Waals surface area contributed by atoms with Crippen LogP contribution >= 0.6 is 0 Å². The highest BCUT2D eigenvalue weighted by Crippen LogP contribution is 2.31. The number of fused-ring (bicyclic) bond motifs is 1. The predicted octanol–water partition coefficient (Wildman–Crippen LogP) is 3.43. The molecular formula is C22H16N6O. The van der Waals surface area contributed by atoms with Gasteiger partial charge in [-0.2, -0.15) is 9.78 Å². The Balaban J connectivity index is 1.86. The lowest BCUT2D eigenvalue weighted by molar-refractivity contribution is 0.278. The number of hydrogen-bond donors (Lipinski definition) is 1. The molecule has 5 aromatic rings.